The Balaban J connectivity index is 1.55. The lowest BCUT2D eigenvalue weighted by atomic mass is 10.1. The zero-order valence-electron chi connectivity index (χ0n) is 15.7. The van der Waals surface area contributed by atoms with Crippen molar-refractivity contribution in [2.75, 3.05) is 5.32 Å². The molecule has 0 saturated heterocycles. The number of aryl methyl sites for hydroxylation is 1. The summed E-state index contributed by atoms with van der Waals surface area (Å²) in [6, 6.07) is 17.9. The van der Waals surface area contributed by atoms with Gasteiger partial charge in [0.25, 0.3) is 5.91 Å². The Bertz CT molecular complexity index is 1140. The van der Waals surface area contributed by atoms with Gasteiger partial charge in [-0.15, -0.1) is 0 Å². The molecule has 2 amide bonds. The van der Waals surface area contributed by atoms with Crippen LogP contribution >= 0.6 is 11.3 Å². The second-order valence-corrected chi connectivity index (χ2v) is 7.65. The fourth-order valence-electron chi connectivity index (χ4n) is 3.03. The molecule has 4 rings (SSSR count). The van der Waals surface area contributed by atoms with Gasteiger partial charge in [0.1, 0.15) is 6.04 Å². The molecule has 2 aromatic carbocycles. The molecule has 1 atom stereocenters. The maximum absolute atomic E-state index is 13.0. The number of nitrogens with one attached hydrogen (secondary N) is 2. The van der Waals surface area contributed by atoms with Crippen LogP contribution in [0.5, 0.6) is 0 Å². The van der Waals surface area contributed by atoms with Crippen LogP contribution in [0.1, 0.15) is 21.7 Å². The molecule has 146 valence electrons. The smallest absolute Gasteiger partial charge is 0.287 e. The van der Waals surface area contributed by atoms with Crippen molar-refractivity contribution in [1.29, 1.82) is 0 Å². The van der Waals surface area contributed by atoms with Gasteiger partial charge in [-0.05, 0) is 36.2 Å². The van der Waals surface area contributed by atoms with E-state index in [4.69, 9.17) is 4.42 Å². The van der Waals surface area contributed by atoms with Gasteiger partial charge in [0.05, 0.1) is 16.5 Å². The second kappa shape index (κ2) is 8.28. The van der Waals surface area contributed by atoms with Crippen LogP contribution in [-0.4, -0.2) is 22.8 Å². The number of hydrogen-bond donors (Lipinski definition) is 2. The quantitative estimate of drug-likeness (QED) is 0.504. The van der Waals surface area contributed by atoms with Crippen molar-refractivity contribution in [2.24, 2.45) is 0 Å². The van der Waals surface area contributed by atoms with E-state index >= 15 is 0 Å². The van der Waals surface area contributed by atoms with Gasteiger partial charge in [-0.3, -0.25) is 9.59 Å². The molecule has 0 fully saturated rings. The Kier molecular flexibility index (Phi) is 5.39. The minimum absolute atomic E-state index is 0.159. The highest BCUT2D eigenvalue weighted by atomic mass is 32.1. The number of thiazole rings is 1. The summed E-state index contributed by atoms with van der Waals surface area (Å²) in [6.45, 7) is 1.98. The van der Waals surface area contributed by atoms with Gasteiger partial charge in [0, 0.05) is 6.42 Å². The number of para-hydroxylation sites is 1. The van der Waals surface area contributed by atoms with Gasteiger partial charge in [-0.2, -0.15) is 0 Å². The van der Waals surface area contributed by atoms with Crippen molar-refractivity contribution in [3.63, 3.8) is 0 Å². The van der Waals surface area contributed by atoms with Crippen LogP contribution in [0.4, 0.5) is 5.13 Å². The molecule has 0 aliphatic rings. The summed E-state index contributed by atoms with van der Waals surface area (Å²) >= 11 is 1.41. The Labute approximate surface area is 171 Å². The van der Waals surface area contributed by atoms with E-state index in [-0.39, 0.29) is 11.7 Å². The minimum atomic E-state index is -0.775. The van der Waals surface area contributed by atoms with Gasteiger partial charge in [0.15, 0.2) is 10.9 Å². The lowest BCUT2D eigenvalue weighted by Crippen LogP contribution is -2.45. The molecule has 0 saturated carbocycles. The average molecular weight is 405 g/mol. The number of rotatable bonds is 6. The highest BCUT2D eigenvalue weighted by molar-refractivity contribution is 7.22. The van der Waals surface area contributed by atoms with Crippen molar-refractivity contribution in [3.8, 4) is 0 Å². The summed E-state index contributed by atoms with van der Waals surface area (Å²) in [6.07, 6.45) is 1.77. The molecule has 4 aromatic rings. The van der Waals surface area contributed by atoms with Crippen molar-refractivity contribution < 1.29 is 14.0 Å². The van der Waals surface area contributed by atoms with Gasteiger partial charge < -0.3 is 15.1 Å². The topological polar surface area (TPSA) is 84.2 Å². The monoisotopic (exact) mass is 405 g/mol. The summed E-state index contributed by atoms with van der Waals surface area (Å²) < 4.78 is 6.14. The summed E-state index contributed by atoms with van der Waals surface area (Å²) in [5.41, 5.74) is 2.85. The summed E-state index contributed by atoms with van der Waals surface area (Å²) in [4.78, 5) is 30.0. The zero-order valence-corrected chi connectivity index (χ0v) is 16.5. The van der Waals surface area contributed by atoms with Crippen LogP contribution in [0.25, 0.3) is 10.2 Å². The molecule has 2 heterocycles. The molecule has 0 aliphatic heterocycles. The second-order valence-electron chi connectivity index (χ2n) is 6.62. The van der Waals surface area contributed by atoms with Gasteiger partial charge in [-0.25, -0.2) is 4.98 Å². The molecule has 0 spiro atoms. The van der Waals surface area contributed by atoms with E-state index in [2.05, 4.69) is 15.6 Å². The molecule has 1 unspecified atom stereocenters. The number of furan rings is 1. The molecule has 0 bridgehead atoms. The summed E-state index contributed by atoms with van der Waals surface area (Å²) in [5, 5.41) is 6.12. The fraction of sp³-hybridized carbons (Fsp3) is 0.136. The Hall–Kier alpha value is -3.45. The highest BCUT2D eigenvalue weighted by Gasteiger charge is 2.24. The highest BCUT2D eigenvalue weighted by Crippen LogP contribution is 2.28. The van der Waals surface area contributed by atoms with Crippen molar-refractivity contribution in [2.45, 2.75) is 19.4 Å². The lowest BCUT2D eigenvalue weighted by molar-refractivity contribution is -0.118. The maximum atomic E-state index is 13.0. The molecular weight excluding hydrogens is 386 g/mol. The number of amides is 2. The first-order chi connectivity index (χ1) is 14.1. The van der Waals surface area contributed by atoms with Crippen LogP contribution in [0.15, 0.2) is 71.3 Å². The first kappa shape index (κ1) is 18.9. The zero-order chi connectivity index (χ0) is 20.2. The third-order valence-electron chi connectivity index (χ3n) is 4.50. The van der Waals surface area contributed by atoms with Gasteiger partial charge in [-0.1, -0.05) is 53.8 Å². The lowest BCUT2D eigenvalue weighted by Gasteiger charge is -2.17. The van der Waals surface area contributed by atoms with Crippen LogP contribution in [0.2, 0.25) is 0 Å². The molecule has 29 heavy (non-hydrogen) atoms. The Morgan fingerprint density at radius 3 is 2.62 bits per heavy atom. The van der Waals surface area contributed by atoms with Crippen LogP contribution < -0.4 is 10.6 Å². The molecule has 2 N–H and O–H groups in total. The number of anilines is 1. The van der Waals surface area contributed by atoms with E-state index in [1.54, 1.807) is 12.1 Å². The standard InChI is InChI=1S/C22H19N3O3S/c1-14-7-5-11-18-19(14)24-22(29-18)25-20(26)16(13-15-8-3-2-4-9-15)23-21(27)17-10-6-12-28-17/h2-12,16H,13H2,1H3,(H,23,27)(H,24,25,26). The first-order valence-corrected chi connectivity index (χ1v) is 9.97. The van der Waals surface area contributed by atoms with E-state index in [0.29, 0.717) is 11.6 Å². The van der Waals surface area contributed by atoms with Crippen LogP contribution in [0.3, 0.4) is 0 Å². The van der Waals surface area contributed by atoms with Gasteiger partial charge in [0.2, 0.25) is 5.91 Å². The summed E-state index contributed by atoms with van der Waals surface area (Å²) in [7, 11) is 0. The van der Waals surface area contributed by atoms with Gasteiger partial charge >= 0.3 is 0 Å². The number of aromatic nitrogens is 1. The molecule has 6 nitrogen and oxygen atoms in total. The third kappa shape index (κ3) is 4.35. The average Bonchev–Trinajstić information content (AvgIpc) is 3.38. The van der Waals surface area contributed by atoms with E-state index in [9.17, 15) is 9.59 Å². The number of benzene rings is 2. The number of carbonyl (C=O) groups excluding carboxylic acids is 2. The molecule has 2 aromatic heterocycles. The van der Waals surface area contributed by atoms with Crippen molar-refractivity contribution >= 4 is 38.5 Å². The van der Waals surface area contributed by atoms with E-state index in [1.807, 2.05) is 55.5 Å². The molecule has 7 heteroatoms. The Morgan fingerprint density at radius 1 is 1.07 bits per heavy atom. The predicted octanol–water partition coefficient (Wildman–Crippen LogP) is 4.18. The number of fused-ring (bicyclic) bond motifs is 1. The first-order valence-electron chi connectivity index (χ1n) is 9.15. The summed E-state index contributed by atoms with van der Waals surface area (Å²) in [5.74, 6) is -0.608. The largest absolute Gasteiger partial charge is 0.459 e. The SMILES string of the molecule is Cc1cccc2sc(NC(=O)C(Cc3ccccc3)NC(=O)c3ccco3)nc12. The molecule has 0 radical (unpaired) electrons. The number of hydrogen-bond acceptors (Lipinski definition) is 5. The Morgan fingerprint density at radius 2 is 1.90 bits per heavy atom. The van der Waals surface area contributed by atoms with E-state index in [0.717, 1.165) is 21.3 Å². The van der Waals surface area contributed by atoms with E-state index in [1.165, 1.54) is 17.6 Å². The normalized spacial score (nSPS) is 11.9. The molecular formula is C22H19N3O3S. The van der Waals surface area contributed by atoms with Crippen molar-refractivity contribution in [1.82, 2.24) is 10.3 Å². The predicted molar refractivity (Wildman–Crippen MR) is 113 cm³/mol. The fourth-order valence-corrected chi connectivity index (χ4v) is 3.98. The third-order valence-corrected chi connectivity index (χ3v) is 5.44. The minimum Gasteiger partial charge on any atom is -0.459 e. The number of nitrogens with zero attached hydrogens (tertiary/aromatic N) is 1. The van der Waals surface area contributed by atoms with Crippen LogP contribution in [0, 0.1) is 6.92 Å². The molecule has 0 aliphatic carbocycles. The van der Waals surface area contributed by atoms with Crippen molar-refractivity contribution in [3.05, 3.63) is 83.8 Å². The van der Waals surface area contributed by atoms with Crippen LogP contribution in [-0.2, 0) is 11.2 Å². The maximum Gasteiger partial charge on any atom is 0.287 e. The number of carbonyl (C=O) groups is 2. The van der Waals surface area contributed by atoms with E-state index < -0.39 is 11.9 Å².